The van der Waals surface area contributed by atoms with Gasteiger partial charge >= 0.3 is 0 Å². The topological polar surface area (TPSA) is 54.5 Å². The van der Waals surface area contributed by atoms with Crippen molar-refractivity contribution in [3.05, 3.63) is 94.0 Å². The number of carbonyl (C=O) groups excluding carboxylic acids is 1. The van der Waals surface area contributed by atoms with E-state index in [9.17, 15) is 13.2 Å². The van der Waals surface area contributed by atoms with Crippen LogP contribution in [0.2, 0.25) is 10.0 Å². The first-order valence-electron chi connectivity index (χ1n) is 8.30. The molecular formula is C21H13Cl2NO3S. The lowest BCUT2D eigenvalue weighted by molar-refractivity contribution is -0.111. The monoisotopic (exact) mass is 429 g/mol. The van der Waals surface area contributed by atoms with Crippen molar-refractivity contribution in [1.82, 2.24) is 0 Å². The number of halogens is 2. The Morgan fingerprint density at radius 2 is 1.50 bits per heavy atom. The van der Waals surface area contributed by atoms with Gasteiger partial charge in [0.1, 0.15) is 0 Å². The zero-order valence-corrected chi connectivity index (χ0v) is 16.7. The predicted molar refractivity (Wildman–Crippen MR) is 112 cm³/mol. The maximum atomic E-state index is 13.2. The van der Waals surface area contributed by atoms with Crippen LogP contribution < -0.4 is 4.31 Å². The van der Waals surface area contributed by atoms with E-state index in [-0.39, 0.29) is 15.5 Å². The Morgan fingerprint density at radius 3 is 2.21 bits per heavy atom. The number of hydrogen-bond donors (Lipinski definition) is 0. The summed E-state index contributed by atoms with van der Waals surface area (Å²) in [5.41, 5.74) is 1.83. The van der Waals surface area contributed by atoms with Crippen molar-refractivity contribution >= 4 is 56.5 Å². The van der Waals surface area contributed by atoms with E-state index in [1.807, 2.05) is 0 Å². The van der Waals surface area contributed by atoms with Crippen LogP contribution in [-0.2, 0) is 14.8 Å². The van der Waals surface area contributed by atoms with Gasteiger partial charge in [-0.25, -0.2) is 8.42 Å². The normalized spacial score (nSPS) is 15.1. The number of benzene rings is 3. The van der Waals surface area contributed by atoms with Crippen LogP contribution in [-0.4, -0.2) is 14.3 Å². The van der Waals surface area contributed by atoms with Crippen LogP contribution in [0.5, 0.6) is 0 Å². The second kappa shape index (κ2) is 7.09. The van der Waals surface area contributed by atoms with Crippen molar-refractivity contribution in [2.75, 3.05) is 4.31 Å². The summed E-state index contributed by atoms with van der Waals surface area (Å²) in [6.07, 6.45) is 1.64. The summed E-state index contributed by atoms with van der Waals surface area (Å²) in [6.45, 7) is 0. The SMILES string of the molecule is O=C1/C(=C/c2cccc(Cl)c2)c2ccccc2N1S(=O)(=O)c1cccc(Cl)c1. The Labute approximate surface area is 172 Å². The molecule has 0 spiro atoms. The molecule has 0 aromatic heterocycles. The van der Waals surface area contributed by atoms with Gasteiger partial charge in [-0.15, -0.1) is 0 Å². The van der Waals surface area contributed by atoms with Crippen molar-refractivity contribution in [1.29, 1.82) is 0 Å². The number of anilines is 1. The van der Waals surface area contributed by atoms with Crippen LogP contribution in [0.4, 0.5) is 5.69 Å². The number of carbonyl (C=O) groups is 1. The fraction of sp³-hybridized carbons (Fsp3) is 0. The van der Waals surface area contributed by atoms with Gasteiger partial charge in [0.25, 0.3) is 15.9 Å². The van der Waals surface area contributed by atoms with E-state index in [4.69, 9.17) is 23.2 Å². The zero-order chi connectivity index (χ0) is 19.9. The average molecular weight is 430 g/mol. The smallest absolute Gasteiger partial charge is 0.268 e. The summed E-state index contributed by atoms with van der Waals surface area (Å²) >= 11 is 12.0. The zero-order valence-electron chi connectivity index (χ0n) is 14.3. The first kappa shape index (κ1) is 18.7. The number of rotatable bonds is 3. The third-order valence-electron chi connectivity index (χ3n) is 4.32. The van der Waals surface area contributed by atoms with Gasteiger partial charge in [-0.05, 0) is 48.0 Å². The molecule has 0 bridgehead atoms. The van der Waals surface area contributed by atoms with Gasteiger partial charge in [-0.2, -0.15) is 4.31 Å². The van der Waals surface area contributed by atoms with Gasteiger partial charge in [0.05, 0.1) is 16.2 Å². The molecule has 0 atom stereocenters. The molecule has 4 nitrogen and oxygen atoms in total. The van der Waals surface area contributed by atoms with Crippen molar-refractivity contribution < 1.29 is 13.2 Å². The average Bonchev–Trinajstić information content (AvgIpc) is 2.94. The Hall–Kier alpha value is -2.60. The molecule has 7 heteroatoms. The number of amides is 1. The summed E-state index contributed by atoms with van der Waals surface area (Å²) in [6, 6.07) is 19.6. The quantitative estimate of drug-likeness (QED) is 0.532. The maximum Gasteiger partial charge on any atom is 0.273 e. The standard InChI is InChI=1S/C21H13Cl2NO3S/c22-15-6-3-5-14(11-15)12-19-18-9-1-2-10-20(18)24(21(19)25)28(26,27)17-8-4-7-16(23)13-17/h1-13H/b19-12+. The Balaban J connectivity index is 1.88. The van der Waals surface area contributed by atoms with E-state index in [2.05, 4.69) is 0 Å². The summed E-state index contributed by atoms with van der Waals surface area (Å²) in [7, 11) is -4.12. The second-order valence-electron chi connectivity index (χ2n) is 6.16. The minimum atomic E-state index is -4.12. The fourth-order valence-electron chi connectivity index (χ4n) is 3.09. The molecule has 140 valence electrons. The molecule has 28 heavy (non-hydrogen) atoms. The fourth-order valence-corrected chi connectivity index (χ4v) is 5.01. The van der Waals surface area contributed by atoms with E-state index in [0.717, 1.165) is 4.31 Å². The molecule has 0 unspecified atom stereocenters. The summed E-state index contributed by atoms with van der Waals surface area (Å²) in [4.78, 5) is 13.1. The molecule has 1 heterocycles. The number of nitrogens with zero attached hydrogens (tertiary/aromatic N) is 1. The molecule has 3 aromatic rings. The lowest BCUT2D eigenvalue weighted by atomic mass is 10.0. The maximum absolute atomic E-state index is 13.2. The van der Waals surface area contributed by atoms with E-state index in [1.54, 1.807) is 60.7 Å². The van der Waals surface area contributed by atoms with Crippen LogP contribution >= 0.6 is 23.2 Å². The van der Waals surface area contributed by atoms with Gasteiger partial charge in [-0.3, -0.25) is 4.79 Å². The first-order chi connectivity index (χ1) is 13.4. The number of fused-ring (bicyclic) bond motifs is 1. The molecule has 3 aromatic carbocycles. The third-order valence-corrected chi connectivity index (χ3v) is 6.48. The molecule has 0 radical (unpaired) electrons. The highest BCUT2D eigenvalue weighted by atomic mass is 35.5. The van der Waals surface area contributed by atoms with E-state index in [1.165, 1.54) is 18.2 Å². The highest BCUT2D eigenvalue weighted by Crippen LogP contribution is 2.41. The summed E-state index contributed by atoms with van der Waals surface area (Å²) < 4.78 is 27.2. The molecule has 1 aliphatic rings. The van der Waals surface area contributed by atoms with Crippen molar-refractivity contribution in [2.24, 2.45) is 0 Å². The number of para-hydroxylation sites is 1. The summed E-state index contributed by atoms with van der Waals surface area (Å²) in [5.74, 6) is -0.624. The minimum Gasteiger partial charge on any atom is -0.268 e. The highest BCUT2D eigenvalue weighted by molar-refractivity contribution is 7.93. The molecule has 0 saturated carbocycles. The molecule has 0 aliphatic carbocycles. The van der Waals surface area contributed by atoms with Gasteiger partial charge < -0.3 is 0 Å². The second-order valence-corrected chi connectivity index (χ2v) is 8.82. The van der Waals surface area contributed by atoms with Crippen molar-refractivity contribution in [3.8, 4) is 0 Å². The molecule has 4 rings (SSSR count). The van der Waals surface area contributed by atoms with Crippen LogP contribution in [0.25, 0.3) is 11.6 Å². The van der Waals surface area contributed by atoms with E-state index in [0.29, 0.717) is 21.8 Å². The molecule has 0 saturated heterocycles. The van der Waals surface area contributed by atoms with E-state index >= 15 is 0 Å². The van der Waals surface area contributed by atoms with Gasteiger partial charge in [0.2, 0.25) is 0 Å². The molecule has 1 amide bonds. The van der Waals surface area contributed by atoms with Gasteiger partial charge in [0.15, 0.2) is 0 Å². The van der Waals surface area contributed by atoms with Crippen LogP contribution in [0.3, 0.4) is 0 Å². The van der Waals surface area contributed by atoms with Crippen LogP contribution in [0.15, 0.2) is 77.7 Å². The van der Waals surface area contributed by atoms with Gasteiger partial charge in [-0.1, -0.05) is 59.6 Å². The predicted octanol–water partition coefficient (Wildman–Crippen LogP) is 5.27. The highest BCUT2D eigenvalue weighted by Gasteiger charge is 2.40. The lowest BCUT2D eigenvalue weighted by Gasteiger charge is -2.17. The van der Waals surface area contributed by atoms with Crippen LogP contribution in [0, 0.1) is 0 Å². The van der Waals surface area contributed by atoms with Crippen molar-refractivity contribution in [2.45, 2.75) is 4.90 Å². The molecule has 1 aliphatic heterocycles. The number of sulfonamides is 1. The van der Waals surface area contributed by atoms with E-state index < -0.39 is 15.9 Å². The van der Waals surface area contributed by atoms with Crippen molar-refractivity contribution in [3.63, 3.8) is 0 Å². The Kier molecular flexibility index (Phi) is 4.75. The van der Waals surface area contributed by atoms with Crippen LogP contribution in [0.1, 0.15) is 11.1 Å². The third kappa shape index (κ3) is 3.22. The molecular weight excluding hydrogens is 417 g/mol. The first-order valence-corrected chi connectivity index (χ1v) is 10.5. The lowest BCUT2D eigenvalue weighted by Crippen LogP contribution is -2.33. The number of hydrogen-bond acceptors (Lipinski definition) is 3. The summed E-state index contributed by atoms with van der Waals surface area (Å²) in [5, 5.41) is 0.798. The molecule has 0 fully saturated rings. The minimum absolute atomic E-state index is 0.0489. The Bertz CT molecular complexity index is 1240. The Morgan fingerprint density at radius 1 is 0.821 bits per heavy atom. The molecule has 0 N–H and O–H groups in total. The largest absolute Gasteiger partial charge is 0.273 e. The van der Waals surface area contributed by atoms with Gasteiger partial charge in [0, 0.05) is 15.6 Å².